The van der Waals surface area contributed by atoms with Crippen LogP contribution in [0.2, 0.25) is 0 Å². The maximum Gasteiger partial charge on any atom is 0.252 e. The molecule has 2 aliphatic carbocycles. The number of imide groups is 1. The first-order chi connectivity index (χ1) is 15.2. The van der Waals surface area contributed by atoms with Gasteiger partial charge in [-0.05, 0) is 36.2 Å². The predicted molar refractivity (Wildman–Crippen MR) is 119 cm³/mol. The average Bonchev–Trinajstić information content (AvgIpc) is 3.52. The fraction of sp³-hybridized carbons (Fsp3) is 0.600. The molecular weight excluding hydrogens is 426 g/mol. The van der Waals surface area contributed by atoms with E-state index in [1.165, 1.54) is 4.90 Å². The fourth-order valence-electron chi connectivity index (χ4n) is 7.40. The first kappa shape index (κ1) is 20.8. The molecule has 170 valence electrons. The van der Waals surface area contributed by atoms with E-state index in [-0.39, 0.29) is 29.5 Å². The van der Waals surface area contributed by atoms with Crippen molar-refractivity contribution in [1.82, 2.24) is 4.90 Å². The van der Waals surface area contributed by atoms with E-state index >= 15 is 0 Å². The maximum atomic E-state index is 14.3. The van der Waals surface area contributed by atoms with E-state index < -0.39 is 45.2 Å². The van der Waals surface area contributed by atoms with Crippen LogP contribution in [0.15, 0.2) is 42.5 Å². The average molecular weight is 456 g/mol. The Morgan fingerprint density at radius 3 is 2.59 bits per heavy atom. The van der Waals surface area contributed by atoms with E-state index in [2.05, 4.69) is 13.8 Å². The summed E-state index contributed by atoms with van der Waals surface area (Å²) in [7, 11) is -1.67. The minimum absolute atomic E-state index is 0.155. The van der Waals surface area contributed by atoms with Crippen LogP contribution in [0, 0.1) is 22.7 Å². The lowest BCUT2D eigenvalue weighted by Crippen LogP contribution is -2.57. The molecule has 2 amide bonds. The highest BCUT2D eigenvalue weighted by molar-refractivity contribution is 7.87. The van der Waals surface area contributed by atoms with Crippen molar-refractivity contribution in [3.05, 3.63) is 48.0 Å². The summed E-state index contributed by atoms with van der Waals surface area (Å²) in [5.41, 5.74) is 0.211. The van der Waals surface area contributed by atoms with Crippen LogP contribution in [0.1, 0.15) is 38.7 Å². The molecule has 0 radical (unpaired) electrons. The normalized spacial score (nSPS) is 44.0. The molecule has 2 saturated carbocycles. The van der Waals surface area contributed by atoms with Crippen LogP contribution < -0.4 is 0 Å². The van der Waals surface area contributed by atoms with Gasteiger partial charge in [0.25, 0.3) is 5.91 Å². The predicted octanol–water partition coefficient (Wildman–Crippen LogP) is 2.18. The molecule has 5 aliphatic rings. The molecule has 32 heavy (non-hydrogen) atoms. The number of hydrogen-bond acceptors (Lipinski definition) is 5. The molecule has 1 aromatic carbocycles. The molecule has 4 fully saturated rings. The van der Waals surface area contributed by atoms with Gasteiger partial charge in [0.05, 0.1) is 24.7 Å². The van der Waals surface area contributed by atoms with E-state index in [0.29, 0.717) is 5.92 Å². The summed E-state index contributed by atoms with van der Waals surface area (Å²) in [4.78, 5) is 28.7. The number of likely N-dealkylation sites (tertiary alicyclic amines) is 1. The Labute approximate surface area is 190 Å². The van der Waals surface area contributed by atoms with Gasteiger partial charge in [0.2, 0.25) is 5.91 Å². The Bertz CT molecular complexity index is 1050. The highest BCUT2D eigenvalue weighted by Crippen LogP contribution is 2.67. The topological polar surface area (TPSA) is 83.9 Å². The molecule has 1 unspecified atom stereocenters. The molecule has 0 spiro atoms. The minimum Gasteiger partial charge on any atom is -0.392 e. The second kappa shape index (κ2) is 6.61. The van der Waals surface area contributed by atoms with Crippen molar-refractivity contribution in [2.24, 2.45) is 22.7 Å². The largest absolute Gasteiger partial charge is 0.392 e. The standard InChI is InChI=1S/C25H29NO5S/c1-23(2)16-10-11-24(23,18(27)12-16)14-32(30)25-19-9-8-17(31-19)20(25)21(28)26(22(25)29)13-15-6-4-3-5-7-15/h3-9,16-20,27H,10-14H2,1-2H3/t16-,17-,18-,19+,20-,24-,25+,32?/m1/s1. The zero-order valence-corrected chi connectivity index (χ0v) is 19.2. The number of hydrogen-bond donors (Lipinski definition) is 1. The molecule has 3 aliphatic heterocycles. The van der Waals surface area contributed by atoms with Crippen molar-refractivity contribution in [3.8, 4) is 0 Å². The molecule has 6 nitrogen and oxygen atoms in total. The van der Waals surface area contributed by atoms with Crippen LogP contribution in [0.5, 0.6) is 0 Å². The Morgan fingerprint density at radius 1 is 1.19 bits per heavy atom. The number of benzene rings is 1. The van der Waals surface area contributed by atoms with Gasteiger partial charge in [0.1, 0.15) is 6.10 Å². The maximum absolute atomic E-state index is 14.3. The monoisotopic (exact) mass is 455 g/mol. The summed E-state index contributed by atoms with van der Waals surface area (Å²) in [5, 5.41) is 11.0. The number of amides is 2. The van der Waals surface area contributed by atoms with Gasteiger partial charge in [-0.2, -0.15) is 0 Å². The van der Waals surface area contributed by atoms with Crippen LogP contribution in [0.25, 0.3) is 0 Å². The fourth-order valence-corrected chi connectivity index (χ4v) is 10.0. The Morgan fingerprint density at radius 2 is 1.94 bits per heavy atom. The van der Waals surface area contributed by atoms with Crippen LogP contribution in [-0.4, -0.2) is 54.8 Å². The third-order valence-electron chi connectivity index (χ3n) is 9.44. The van der Waals surface area contributed by atoms with Gasteiger partial charge in [0.15, 0.2) is 4.75 Å². The second-order valence-electron chi connectivity index (χ2n) is 10.7. The SMILES string of the molecule is CC1(C)[C@@H]2CC[C@@]1(CS(=O)[C@]13C(=O)N(Cc4ccccc4)C(=O)[C@H]1[C@H]1C=C[C@@H]3O1)[C@H](O)C2. The zero-order chi connectivity index (χ0) is 22.5. The van der Waals surface area contributed by atoms with Crippen LogP contribution in [0.4, 0.5) is 0 Å². The third kappa shape index (κ3) is 2.30. The number of aliphatic hydroxyl groups is 1. The number of rotatable bonds is 5. The summed E-state index contributed by atoms with van der Waals surface area (Å²) in [5.74, 6) is -0.814. The van der Waals surface area contributed by atoms with Crippen molar-refractivity contribution < 1.29 is 23.6 Å². The molecule has 1 aromatic rings. The lowest BCUT2D eigenvalue weighted by molar-refractivity contribution is -0.142. The number of fused-ring (bicyclic) bond motifs is 7. The summed E-state index contributed by atoms with van der Waals surface area (Å²) in [6, 6.07) is 9.42. The van der Waals surface area contributed by atoms with Crippen molar-refractivity contribution in [2.75, 3.05) is 5.75 Å². The van der Waals surface area contributed by atoms with E-state index in [1.807, 2.05) is 42.5 Å². The number of ether oxygens (including phenoxy) is 1. The molecular formula is C25H29NO5S. The molecule has 8 atom stereocenters. The van der Waals surface area contributed by atoms with Gasteiger partial charge in [-0.3, -0.25) is 18.7 Å². The third-order valence-corrected chi connectivity index (χ3v) is 11.6. The molecule has 4 bridgehead atoms. The molecule has 0 aromatic heterocycles. The molecule has 3 heterocycles. The smallest absolute Gasteiger partial charge is 0.252 e. The van der Waals surface area contributed by atoms with Gasteiger partial charge < -0.3 is 9.84 Å². The van der Waals surface area contributed by atoms with Crippen molar-refractivity contribution in [3.63, 3.8) is 0 Å². The number of carbonyl (C=O) groups excluding carboxylic acids is 2. The van der Waals surface area contributed by atoms with Gasteiger partial charge in [-0.1, -0.05) is 56.3 Å². The Hall–Kier alpha value is -1.83. The Kier molecular flexibility index (Phi) is 4.29. The van der Waals surface area contributed by atoms with Gasteiger partial charge >= 0.3 is 0 Å². The lowest BCUT2D eigenvalue weighted by atomic mass is 9.70. The Balaban J connectivity index is 1.38. The van der Waals surface area contributed by atoms with E-state index in [9.17, 15) is 18.9 Å². The molecule has 7 heteroatoms. The summed E-state index contributed by atoms with van der Waals surface area (Å²) in [6.07, 6.45) is 4.46. The van der Waals surface area contributed by atoms with Crippen molar-refractivity contribution in [1.29, 1.82) is 0 Å². The van der Waals surface area contributed by atoms with E-state index in [0.717, 1.165) is 24.8 Å². The minimum atomic E-state index is -1.67. The van der Waals surface area contributed by atoms with Crippen molar-refractivity contribution in [2.45, 2.75) is 62.7 Å². The van der Waals surface area contributed by atoms with Gasteiger partial charge in [-0.15, -0.1) is 0 Å². The number of aliphatic hydroxyl groups excluding tert-OH is 1. The quantitative estimate of drug-likeness (QED) is 0.544. The highest BCUT2D eigenvalue weighted by Gasteiger charge is 2.75. The molecule has 2 saturated heterocycles. The lowest BCUT2D eigenvalue weighted by Gasteiger charge is -2.42. The van der Waals surface area contributed by atoms with E-state index in [1.54, 1.807) is 0 Å². The molecule has 6 rings (SSSR count). The van der Waals surface area contributed by atoms with Gasteiger partial charge in [0, 0.05) is 22.0 Å². The molecule has 1 N–H and O–H groups in total. The zero-order valence-electron chi connectivity index (χ0n) is 18.4. The van der Waals surface area contributed by atoms with Crippen molar-refractivity contribution >= 4 is 22.6 Å². The van der Waals surface area contributed by atoms with E-state index in [4.69, 9.17) is 4.74 Å². The highest BCUT2D eigenvalue weighted by atomic mass is 32.2. The number of carbonyl (C=O) groups is 2. The second-order valence-corrected chi connectivity index (χ2v) is 12.4. The first-order valence-corrected chi connectivity index (χ1v) is 12.9. The van der Waals surface area contributed by atoms with Crippen LogP contribution >= 0.6 is 0 Å². The van der Waals surface area contributed by atoms with Gasteiger partial charge in [-0.25, -0.2) is 0 Å². The van der Waals surface area contributed by atoms with Crippen LogP contribution in [0.3, 0.4) is 0 Å². The summed E-state index contributed by atoms with van der Waals surface area (Å²) < 4.78 is 18.8. The van der Waals surface area contributed by atoms with Crippen LogP contribution in [-0.2, 0) is 31.7 Å². The summed E-state index contributed by atoms with van der Waals surface area (Å²) in [6.45, 7) is 4.50. The number of nitrogens with zero attached hydrogens (tertiary/aromatic N) is 1. The first-order valence-electron chi connectivity index (χ1n) is 11.5. The summed E-state index contributed by atoms with van der Waals surface area (Å²) >= 11 is 0.